The molecule has 0 spiro atoms. The molecule has 0 fully saturated rings. The van der Waals surface area contributed by atoms with Crippen molar-refractivity contribution in [1.82, 2.24) is 0 Å². The van der Waals surface area contributed by atoms with Gasteiger partial charge in [-0.05, 0) is 17.6 Å². The molecule has 0 nitrogen and oxygen atoms in total. The van der Waals surface area contributed by atoms with Crippen molar-refractivity contribution < 1.29 is 0 Å². The van der Waals surface area contributed by atoms with Crippen molar-refractivity contribution in [3.8, 4) is 0 Å². The van der Waals surface area contributed by atoms with Crippen LogP contribution in [0.25, 0.3) is 0 Å². The third-order valence-corrected chi connectivity index (χ3v) is 1.42. The molecule has 48 valence electrons. The molecular weight excluding hydrogens is 108 g/mol. The summed E-state index contributed by atoms with van der Waals surface area (Å²) in [5, 5.41) is 0. The fourth-order valence-electron chi connectivity index (χ4n) is 0.993. The van der Waals surface area contributed by atoms with E-state index in [9.17, 15) is 0 Å². The van der Waals surface area contributed by atoms with E-state index < -0.39 is 0 Å². The standard InChI is InChI=1S/C9H12/c1-3-4-9-6-5-8(2)7-9/h5-7H,2-4H2,1H3. The summed E-state index contributed by atoms with van der Waals surface area (Å²) in [6.07, 6.45) is 8.76. The van der Waals surface area contributed by atoms with E-state index in [0.29, 0.717) is 0 Å². The van der Waals surface area contributed by atoms with Gasteiger partial charge < -0.3 is 0 Å². The van der Waals surface area contributed by atoms with E-state index in [4.69, 9.17) is 0 Å². The number of allylic oxidation sites excluding steroid dienone is 5. The molecule has 9 heavy (non-hydrogen) atoms. The molecule has 0 bridgehead atoms. The van der Waals surface area contributed by atoms with E-state index >= 15 is 0 Å². The van der Waals surface area contributed by atoms with Crippen LogP contribution in [0, 0.1) is 0 Å². The third kappa shape index (κ3) is 1.56. The molecule has 0 radical (unpaired) electrons. The highest BCUT2D eigenvalue weighted by Gasteiger charge is 1.96. The molecule has 0 unspecified atom stereocenters. The lowest BCUT2D eigenvalue weighted by Gasteiger charge is -1.90. The minimum Gasteiger partial charge on any atom is -0.0918 e. The van der Waals surface area contributed by atoms with Crippen LogP contribution in [-0.2, 0) is 0 Å². The molecule has 0 heteroatoms. The molecule has 0 heterocycles. The summed E-state index contributed by atoms with van der Waals surface area (Å²) in [4.78, 5) is 0. The minimum atomic E-state index is 1.14. The van der Waals surface area contributed by atoms with Crippen LogP contribution in [0.5, 0.6) is 0 Å². The minimum absolute atomic E-state index is 1.14. The zero-order chi connectivity index (χ0) is 6.69. The Bertz CT molecular complexity index is 170. The van der Waals surface area contributed by atoms with Crippen molar-refractivity contribution in [2.24, 2.45) is 0 Å². The second-order valence-electron chi connectivity index (χ2n) is 2.38. The molecular formula is C9H12. The molecule has 1 rings (SSSR count). The summed E-state index contributed by atoms with van der Waals surface area (Å²) >= 11 is 0. The van der Waals surface area contributed by atoms with Crippen LogP contribution < -0.4 is 0 Å². The Hall–Kier alpha value is -0.780. The fourth-order valence-corrected chi connectivity index (χ4v) is 0.993. The quantitative estimate of drug-likeness (QED) is 0.525. The van der Waals surface area contributed by atoms with Gasteiger partial charge in [0.1, 0.15) is 0 Å². The van der Waals surface area contributed by atoms with Crippen LogP contribution in [0.2, 0.25) is 0 Å². The second-order valence-corrected chi connectivity index (χ2v) is 2.38. The van der Waals surface area contributed by atoms with Gasteiger partial charge in [-0.15, -0.1) is 0 Å². The van der Waals surface area contributed by atoms with Gasteiger partial charge in [0.2, 0.25) is 0 Å². The first-order valence-electron chi connectivity index (χ1n) is 3.40. The summed E-state index contributed by atoms with van der Waals surface area (Å²) in [6.45, 7) is 6.01. The Morgan fingerprint density at radius 1 is 1.44 bits per heavy atom. The molecule has 0 aromatic rings. The van der Waals surface area contributed by atoms with Crippen molar-refractivity contribution >= 4 is 0 Å². The van der Waals surface area contributed by atoms with Gasteiger partial charge in [0.05, 0.1) is 0 Å². The van der Waals surface area contributed by atoms with Crippen molar-refractivity contribution in [2.75, 3.05) is 0 Å². The van der Waals surface area contributed by atoms with E-state index in [0.717, 1.165) is 5.57 Å². The zero-order valence-electron chi connectivity index (χ0n) is 5.85. The molecule has 0 saturated carbocycles. The smallest absolute Gasteiger partial charge is 0.0281 e. The molecule has 0 saturated heterocycles. The molecule has 1 aliphatic rings. The van der Waals surface area contributed by atoms with Crippen LogP contribution in [-0.4, -0.2) is 0 Å². The summed E-state index contributed by atoms with van der Waals surface area (Å²) in [5.41, 5.74) is 2.56. The number of hydrogen-bond donors (Lipinski definition) is 0. The summed E-state index contributed by atoms with van der Waals surface area (Å²) in [5.74, 6) is 0. The van der Waals surface area contributed by atoms with Gasteiger partial charge in [0, 0.05) is 0 Å². The average molecular weight is 120 g/mol. The normalized spacial score (nSPS) is 16.6. The van der Waals surface area contributed by atoms with Gasteiger partial charge in [0.15, 0.2) is 0 Å². The topological polar surface area (TPSA) is 0 Å². The SMILES string of the molecule is C=C1C=CC(CCC)=C1. The van der Waals surface area contributed by atoms with Gasteiger partial charge >= 0.3 is 0 Å². The van der Waals surface area contributed by atoms with E-state index in [2.05, 4.69) is 31.7 Å². The van der Waals surface area contributed by atoms with Gasteiger partial charge in [0.25, 0.3) is 0 Å². The summed E-state index contributed by atoms with van der Waals surface area (Å²) in [6, 6.07) is 0. The van der Waals surface area contributed by atoms with E-state index in [-0.39, 0.29) is 0 Å². The Morgan fingerprint density at radius 2 is 2.22 bits per heavy atom. The Morgan fingerprint density at radius 3 is 2.67 bits per heavy atom. The Kier molecular flexibility index (Phi) is 1.88. The number of hydrogen-bond acceptors (Lipinski definition) is 0. The first kappa shape index (κ1) is 6.34. The highest BCUT2D eigenvalue weighted by molar-refractivity contribution is 5.43. The van der Waals surface area contributed by atoms with E-state index in [1.165, 1.54) is 18.4 Å². The first-order chi connectivity index (χ1) is 4.33. The van der Waals surface area contributed by atoms with Crippen molar-refractivity contribution in [2.45, 2.75) is 19.8 Å². The lowest BCUT2D eigenvalue weighted by Crippen LogP contribution is -1.71. The molecule has 0 atom stereocenters. The lowest BCUT2D eigenvalue weighted by molar-refractivity contribution is 0.929. The van der Waals surface area contributed by atoms with Crippen LogP contribution in [0.15, 0.2) is 36.0 Å². The summed E-state index contributed by atoms with van der Waals surface area (Å²) in [7, 11) is 0. The maximum atomic E-state index is 3.82. The fraction of sp³-hybridized carbons (Fsp3) is 0.333. The van der Waals surface area contributed by atoms with Crippen LogP contribution in [0.4, 0.5) is 0 Å². The second kappa shape index (κ2) is 2.67. The molecule has 0 aliphatic heterocycles. The van der Waals surface area contributed by atoms with Crippen LogP contribution in [0.1, 0.15) is 19.8 Å². The van der Waals surface area contributed by atoms with Gasteiger partial charge in [-0.1, -0.05) is 38.2 Å². The molecule has 0 aromatic heterocycles. The number of rotatable bonds is 2. The Balaban J connectivity index is 2.53. The van der Waals surface area contributed by atoms with E-state index in [1.807, 2.05) is 0 Å². The van der Waals surface area contributed by atoms with Crippen LogP contribution >= 0.6 is 0 Å². The largest absolute Gasteiger partial charge is 0.0918 e. The predicted octanol–water partition coefficient (Wildman–Crippen LogP) is 2.84. The van der Waals surface area contributed by atoms with Crippen molar-refractivity contribution in [3.05, 3.63) is 36.0 Å². The highest BCUT2D eigenvalue weighted by Crippen LogP contribution is 2.16. The maximum Gasteiger partial charge on any atom is -0.0281 e. The highest BCUT2D eigenvalue weighted by atomic mass is 14.0. The first-order valence-corrected chi connectivity index (χ1v) is 3.40. The monoisotopic (exact) mass is 120 g/mol. The maximum absolute atomic E-state index is 3.82. The van der Waals surface area contributed by atoms with Gasteiger partial charge in [-0.3, -0.25) is 0 Å². The molecule has 1 aliphatic carbocycles. The molecule has 0 amide bonds. The van der Waals surface area contributed by atoms with Gasteiger partial charge in [-0.25, -0.2) is 0 Å². The lowest BCUT2D eigenvalue weighted by atomic mass is 10.2. The zero-order valence-corrected chi connectivity index (χ0v) is 5.85. The predicted molar refractivity (Wildman–Crippen MR) is 41.3 cm³/mol. The van der Waals surface area contributed by atoms with Gasteiger partial charge in [-0.2, -0.15) is 0 Å². The summed E-state index contributed by atoms with van der Waals surface area (Å²) < 4.78 is 0. The molecule has 0 aromatic carbocycles. The third-order valence-electron chi connectivity index (χ3n) is 1.42. The van der Waals surface area contributed by atoms with Crippen molar-refractivity contribution in [1.29, 1.82) is 0 Å². The van der Waals surface area contributed by atoms with Crippen molar-refractivity contribution in [3.63, 3.8) is 0 Å². The molecule has 0 N–H and O–H groups in total. The average Bonchev–Trinajstić information content (AvgIpc) is 2.17. The Labute approximate surface area is 56.6 Å². The van der Waals surface area contributed by atoms with Crippen LogP contribution in [0.3, 0.4) is 0 Å². The van der Waals surface area contributed by atoms with E-state index in [1.54, 1.807) is 0 Å².